The first-order valence-corrected chi connectivity index (χ1v) is 7.23. The lowest BCUT2D eigenvalue weighted by Crippen LogP contribution is -2.13. The first-order valence-electron chi connectivity index (χ1n) is 6.18. The summed E-state index contributed by atoms with van der Waals surface area (Å²) in [6, 6.07) is 7.79. The van der Waals surface area contributed by atoms with Crippen LogP contribution in [0.25, 0.3) is 0 Å². The number of benzene rings is 1. The van der Waals surface area contributed by atoms with Crippen LogP contribution in [0.5, 0.6) is 0 Å². The van der Waals surface area contributed by atoms with Gasteiger partial charge in [0.05, 0.1) is 12.5 Å². The highest BCUT2D eigenvalue weighted by molar-refractivity contribution is 7.99. The molecule has 0 amide bonds. The van der Waals surface area contributed by atoms with Crippen molar-refractivity contribution in [3.63, 3.8) is 0 Å². The number of hydrogen-bond acceptors (Lipinski definition) is 3. The van der Waals surface area contributed by atoms with Crippen molar-refractivity contribution in [1.82, 2.24) is 0 Å². The number of carboxylic acid groups (broad SMARTS) is 1. The van der Waals surface area contributed by atoms with Crippen LogP contribution in [0.15, 0.2) is 24.3 Å². The zero-order chi connectivity index (χ0) is 13.0. The Morgan fingerprint density at radius 1 is 1.44 bits per heavy atom. The van der Waals surface area contributed by atoms with Crippen LogP contribution in [-0.2, 0) is 21.7 Å². The maximum Gasteiger partial charge on any atom is 0.307 e. The fourth-order valence-electron chi connectivity index (χ4n) is 2.16. The third kappa shape index (κ3) is 3.50. The fraction of sp³-hybridized carbons (Fsp3) is 0.500. The molecule has 98 valence electrons. The highest BCUT2D eigenvalue weighted by atomic mass is 32.2. The first-order chi connectivity index (χ1) is 8.66. The van der Waals surface area contributed by atoms with Gasteiger partial charge in [0.1, 0.15) is 0 Å². The van der Waals surface area contributed by atoms with Gasteiger partial charge in [-0.3, -0.25) is 4.79 Å². The molecule has 18 heavy (non-hydrogen) atoms. The van der Waals surface area contributed by atoms with E-state index in [0.717, 1.165) is 29.9 Å². The Morgan fingerprint density at radius 3 is 2.78 bits per heavy atom. The van der Waals surface area contributed by atoms with Gasteiger partial charge < -0.3 is 9.84 Å². The van der Waals surface area contributed by atoms with Crippen LogP contribution < -0.4 is 0 Å². The average molecular weight is 266 g/mol. The molecule has 1 aromatic carbocycles. The second-order valence-corrected chi connectivity index (χ2v) is 5.78. The van der Waals surface area contributed by atoms with Crippen LogP contribution in [-0.4, -0.2) is 29.0 Å². The van der Waals surface area contributed by atoms with E-state index in [0.29, 0.717) is 11.4 Å². The van der Waals surface area contributed by atoms with Crippen molar-refractivity contribution in [1.29, 1.82) is 0 Å². The SMILES string of the molecule is CC1OCCC1SCc1ccccc1CC(=O)O. The number of carboxylic acids is 1. The van der Waals surface area contributed by atoms with E-state index in [1.54, 1.807) is 0 Å². The molecule has 0 aliphatic carbocycles. The van der Waals surface area contributed by atoms with Gasteiger partial charge in [0, 0.05) is 17.6 Å². The lowest BCUT2D eigenvalue weighted by Gasteiger charge is -2.14. The summed E-state index contributed by atoms with van der Waals surface area (Å²) in [4.78, 5) is 10.8. The second-order valence-electron chi connectivity index (χ2n) is 4.55. The number of aliphatic carboxylic acids is 1. The summed E-state index contributed by atoms with van der Waals surface area (Å²) in [5.74, 6) is 0.0898. The van der Waals surface area contributed by atoms with Crippen molar-refractivity contribution in [2.45, 2.75) is 36.9 Å². The van der Waals surface area contributed by atoms with Gasteiger partial charge in [0.15, 0.2) is 0 Å². The molecule has 3 nitrogen and oxygen atoms in total. The highest BCUT2D eigenvalue weighted by Gasteiger charge is 2.24. The third-order valence-electron chi connectivity index (χ3n) is 3.22. The molecule has 0 radical (unpaired) electrons. The third-order valence-corrected chi connectivity index (χ3v) is 4.74. The summed E-state index contributed by atoms with van der Waals surface area (Å²) in [7, 11) is 0. The van der Waals surface area contributed by atoms with E-state index in [-0.39, 0.29) is 6.42 Å². The Morgan fingerprint density at radius 2 is 2.17 bits per heavy atom. The molecule has 1 aliphatic heterocycles. The summed E-state index contributed by atoms with van der Waals surface area (Å²) in [5.41, 5.74) is 2.05. The van der Waals surface area contributed by atoms with Crippen molar-refractivity contribution in [3.8, 4) is 0 Å². The molecule has 0 bridgehead atoms. The standard InChI is InChI=1S/C14H18O3S/c1-10-13(6-7-17-10)18-9-12-5-3-2-4-11(12)8-14(15)16/h2-5,10,13H,6-9H2,1H3,(H,15,16). The molecule has 2 atom stereocenters. The Bertz CT molecular complexity index is 419. The molecule has 1 saturated heterocycles. The minimum Gasteiger partial charge on any atom is -0.481 e. The van der Waals surface area contributed by atoms with Crippen LogP contribution in [0.3, 0.4) is 0 Å². The lowest BCUT2D eigenvalue weighted by atomic mass is 10.1. The molecule has 0 spiro atoms. The minimum atomic E-state index is -0.773. The Labute approximate surface area is 112 Å². The highest BCUT2D eigenvalue weighted by Crippen LogP contribution is 2.29. The van der Waals surface area contributed by atoms with Crippen molar-refractivity contribution < 1.29 is 14.6 Å². The quantitative estimate of drug-likeness (QED) is 0.890. The number of carbonyl (C=O) groups is 1. The van der Waals surface area contributed by atoms with Crippen molar-refractivity contribution in [2.75, 3.05) is 6.61 Å². The average Bonchev–Trinajstić information content (AvgIpc) is 2.73. The van der Waals surface area contributed by atoms with Crippen LogP contribution >= 0.6 is 11.8 Å². The van der Waals surface area contributed by atoms with Gasteiger partial charge in [-0.15, -0.1) is 0 Å². The minimum absolute atomic E-state index is 0.105. The summed E-state index contributed by atoms with van der Waals surface area (Å²) in [6.07, 6.45) is 1.50. The molecule has 2 rings (SSSR count). The molecule has 1 heterocycles. The van der Waals surface area contributed by atoms with Crippen LogP contribution in [0.2, 0.25) is 0 Å². The van der Waals surface area contributed by atoms with Crippen LogP contribution in [0, 0.1) is 0 Å². The van der Waals surface area contributed by atoms with Gasteiger partial charge in [-0.05, 0) is 24.5 Å². The Kier molecular flexibility index (Phi) is 4.66. The largest absolute Gasteiger partial charge is 0.481 e. The van der Waals surface area contributed by atoms with E-state index in [1.165, 1.54) is 0 Å². The number of hydrogen-bond donors (Lipinski definition) is 1. The molecule has 4 heteroatoms. The molecule has 1 fully saturated rings. The fourth-order valence-corrected chi connectivity index (χ4v) is 3.45. The normalized spacial score (nSPS) is 23.2. The van der Waals surface area contributed by atoms with E-state index in [4.69, 9.17) is 9.84 Å². The van der Waals surface area contributed by atoms with Gasteiger partial charge in [-0.25, -0.2) is 0 Å². The van der Waals surface area contributed by atoms with Gasteiger partial charge in [-0.1, -0.05) is 24.3 Å². The van der Waals surface area contributed by atoms with E-state index in [2.05, 4.69) is 6.92 Å². The number of thioether (sulfide) groups is 1. The predicted molar refractivity (Wildman–Crippen MR) is 72.9 cm³/mol. The molecular weight excluding hydrogens is 248 g/mol. The summed E-state index contributed by atoms with van der Waals surface area (Å²) >= 11 is 1.87. The Hall–Kier alpha value is -1.00. The van der Waals surface area contributed by atoms with E-state index in [9.17, 15) is 4.79 Å². The molecule has 0 aromatic heterocycles. The monoisotopic (exact) mass is 266 g/mol. The smallest absolute Gasteiger partial charge is 0.307 e. The maximum atomic E-state index is 10.8. The summed E-state index contributed by atoms with van der Waals surface area (Å²) in [5, 5.41) is 9.42. The maximum absolute atomic E-state index is 10.8. The molecule has 2 unspecified atom stereocenters. The summed E-state index contributed by atoms with van der Waals surface area (Å²) in [6.45, 7) is 2.95. The lowest BCUT2D eigenvalue weighted by molar-refractivity contribution is -0.136. The van der Waals surface area contributed by atoms with E-state index in [1.807, 2.05) is 36.0 Å². The van der Waals surface area contributed by atoms with Gasteiger partial charge >= 0.3 is 5.97 Å². The number of rotatable bonds is 5. The molecular formula is C14H18O3S. The van der Waals surface area contributed by atoms with Gasteiger partial charge in [-0.2, -0.15) is 11.8 Å². The predicted octanol–water partition coefficient (Wildman–Crippen LogP) is 2.72. The second kappa shape index (κ2) is 6.25. The first kappa shape index (κ1) is 13.4. The van der Waals surface area contributed by atoms with Crippen molar-refractivity contribution >= 4 is 17.7 Å². The van der Waals surface area contributed by atoms with E-state index < -0.39 is 5.97 Å². The Balaban J connectivity index is 1.97. The summed E-state index contributed by atoms with van der Waals surface area (Å²) < 4.78 is 5.53. The van der Waals surface area contributed by atoms with Crippen LogP contribution in [0.4, 0.5) is 0 Å². The topological polar surface area (TPSA) is 46.5 Å². The number of ether oxygens (including phenoxy) is 1. The molecule has 1 N–H and O–H groups in total. The van der Waals surface area contributed by atoms with Crippen molar-refractivity contribution in [3.05, 3.63) is 35.4 Å². The zero-order valence-corrected chi connectivity index (χ0v) is 11.3. The molecule has 1 aliphatic rings. The zero-order valence-electron chi connectivity index (χ0n) is 10.5. The molecule has 1 aromatic rings. The molecule has 0 saturated carbocycles. The van der Waals surface area contributed by atoms with Crippen LogP contribution in [0.1, 0.15) is 24.5 Å². The van der Waals surface area contributed by atoms with E-state index >= 15 is 0 Å². The van der Waals surface area contributed by atoms with Gasteiger partial charge in [0.2, 0.25) is 0 Å². The van der Waals surface area contributed by atoms with Crippen molar-refractivity contribution in [2.24, 2.45) is 0 Å². The van der Waals surface area contributed by atoms with Gasteiger partial charge in [0.25, 0.3) is 0 Å².